The van der Waals surface area contributed by atoms with Crippen LogP contribution in [0.15, 0.2) is 0 Å². The van der Waals surface area contributed by atoms with Gasteiger partial charge in [0.2, 0.25) is 0 Å². The molecule has 5 heteroatoms. The summed E-state index contributed by atoms with van der Waals surface area (Å²) < 4.78 is 37.3. The number of nitrogens with two attached hydrogens (primary N) is 1. The van der Waals surface area contributed by atoms with Gasteiger partial charge in [0.05, 0.1) is 5.92 Å². The molecular formula is C9H19F3N2. The van der Waals surface area contributed by atoms with Gasteiger partial charge in [-0.05, 0) is 33.4 Å². The maximum Gasteiger partial charge on any atom is 0.391 e. The van der Waals surface area contributed by atoms with E-state index >= 15 is 0 Å². The van der Waals surface area contributed by atoms with Gasteiger partial charge in [0, 0.05) is 13.5 Å². The monoisotopic (exact) mass is 212 g/mol. The summed E-state index contributed by atoms with van der Waals surface area (Å²) in [5.41, 5.74) is 5.78. The molecule has 1 fully saturated rings. The molecule has 1 rings (SSSR count). The number of alkyl halides is 3. The zero-order valence-corrected chi connectivity index (χ0v) is 8.51. The van der Waals surface area contributed by atoms with Crippen molar-refractivity contribution in [1.82, 2.24) is 4.90 Å². The predicted molar refractivity (Wildman–Crippen MR) is 51.0 cm³/mol. The highest BCUT2D eigenvalue weighted by molar-refractivity contribution is 4.89. The highest BCUT2D eigenvalue weighted by atomic mass is 19.4. The minimum absolute atomic E-state index is 0. The predicted octanol–water partition coefficient (Wildman–Crippen LogP) is 1.85. The highest BCUT2D eigenvalue weighted by Crippen LogP contribution is 2.38. The third kappa shape index (κ3) is 2.60. The van der Waals surface area contributed by atoms with Crippen molar-refractivity contribution in [2.24, 2.45) is 11.7 Å². The number of hydrogen-bond donors (Lipinski definition) is 1. The summed E-state index contributed by atoms with van der Waals surface area (Å²) in [5, 5.41) is 0. The quantitative estimate of drug-likeness (QED) is 0.718. The first-order valence-corrected chi connectivity index (χ1v) is 4.81. The van der Waals surface area contributed by atoms with Gasteiger partial charge in [-0.15, -0.1) is 0 Å². The molecule has 1 aliphatic carbocycles. The van der Waals surface area contributed by atoms with Gasteiger partial charge in [-0.2, -0.15) is 13.2 Å². The van der Waals surface area contributed by atoms with Crippen LogP contribution in [0.3, 0.4) is 0 Å². The molecule has 0 heterocycles. The minimum Gasteiger partial charge on any atom is -0.326 e. The second-order valence-electron chi connectivity index (χ2n) is 4.25. The zero-order chi connectivity index (χ0) is 10.9. The zero-order valence-electron chi connectivity index (χ0n) is 8.51. The number of nitrogens with zero attached hydrogens (tertiary/aromatic N) is 1. The van der Waals surface area contributed by atoms with Gasteiger partial charge in [-0.25, -0.2) is 0 Å². The molecule has 0 aromatic rings. The third-order valence-electron chi connectivity index (χ3n) is 2.99. The Bertz CT molecular complexity index is 196. The molecule has 14 heavy (non-hydrogen) atoms. The summed E-state index contributed by atoms with van der Waals surface area (Å²) in [5.74, 6) is -1.17. The first kappa shape index (κ1) is 11.8. The summed E-state index contributed by atoms with van der Waals surface area (Å²) in [6, 6.07) is -0.265. The summed E-state index contributed by atoms with van der Waals surface area (Å²) in [4.78, 5) is 1.79. The summed E-state index contributed by atoms with van der Waals surface area (Å²) in [6.07, 6.45) is -3.28. The van der Waals surface area contributed by atoms with Crippen LogP contribution in [-0.2, 0) is 0 Å². The van der Waals surface area contributed by atoms with Crippen LogP contribution in [0.1, 0.15) is 20.7 Å². The topological polar surface area (TPSA) is 29.3 Å². The molecule has 1 aliphatic rings. The molecule has 86 valence electrons. The van der Waals surface area contributed by atoms with Crippen molar-refractivity contribution in [2.45, 2.75) is 37.5 Å². The van der Waals surface area contributed by atoms with Crippen LogP contribution >= 0.6 is 0 Å². The van der Waals surface area contributed by atoms with Gasteiger partial charge in [0.15, 0.2) is 0 Å². The first-order chi connectivity index (χ1) is 6.32. The lowest BCUT2D eigenvalue weighted by Gasteiger charge is -2.38. The molecule has 1 saturated carbocycles. The van der Waals surface area contributed by atoms with E-state index in [-0.39, 0.29) is 26.4 Å². The molecule has 0 aromatic carbocycles. The van der Waals surface area contributed by atoms with E-state index in [4.69, 9.17) is 5.73 Å². The molecule has 0 radical (unpaired) electrons. The van der Waals surface area contributed by atoms with Crippen molar-refractivity contribution < 1.29 is 14.6 Å². The molecule has 2 nitrogen and oxygen atoms in total. The fraction of sp³-hybridized carbons (Fsp3) is 1.00. The smallest absolute Gasteiger partial charge is 0.326 e. The van der Waals surface area contributed by atoms with E-state index in [1.807, 2.05) is 0 Å². The SMILES string of the molecule is CN(C)[C@H]1C[C@@H](C(F)(F)F)CC[C@@H]1N.[HH]. The number of hydrogen-bond acceptors (Lipinski definition) is 2. The second kappa shape index (κ2) is 4.06. The van der Waals surface area contributed by atoms with Gasteiger partial charge in [-0.1, -0.05) is 0 Å². The molecule has 2 N–H and O–H groups in total. The largest absolute Gasteiger partial charge is 0.391 e. The normalized spacial score (nSPS) is 34.9. The highest BCUT2D eigenvalue weighted by Gasteiger charge is 2.44. The maximum absolute atomic E-state index is 12.4. The van der Waals surface area contributed by atoms with Crippen LogP contribution in [0.4, 0.5) is 13.2 Å². The van der Waals surface area contributed by atoms with Crippen LogP contribution in [-0.4, -0.2) is 37.3 Å². The Morgan fingerprint density at radius 2 is 1.86 bits per heavy atom. The fourth-order valence-corrected chi connectivity index (χ4v) is 2.06. The molecule has 0 aliphatic heterocycles. The summed E-state index contributed by atoms with van der Waals surface area (Å²) in [7, 11) is 3.56. The van der Waals surface area contributed by atoms with Gasteiger partial charge in [-0.3, -0.25) is 0 Å². The number of halogens is 3. The molecule has 0 spiro atoms. The lowest BCUT2D eigenvalue weighted by atomic mass is 9.82. The van der Waals surface area contributed by atoms with Crippen molar-refractivity contribution in [2.75, 3.05) is 14.1 Å². The maximum atomic E-state index is 12.4. The lowest BCUT2D eigenvalue weighted by Crippen LogP contribution is -2.50. The fourth-order valence-electron chi connectivity index (χ4n) is 2.06. The van der Waals surface area contributed by atoms with Crippen LogP contribution in [0, 0.1) is 5.92 Å². The first-order valence-electron chi connectivity index (χ1n) is 4.81. The van der Waals surface area contributed by atoms with Crippen LogP contribution < -0.4 is 5.73 Å². The van der Waals surface area contributed by atoms with E-state index in [9.17, 15) is 13.2 Å². The van der Waals surface area contributed by atoms with E-state index in [0.717, 1.165) is 0 Å². The molecular weight excluding hydrogens is 193 g/mol. The summed E-state index contributed by atoms with van der Waals surface area (Å²) in [6.45, 7) is 0. The Morgan fingerprint density at radius 3 is 2.29 bits per heavy atom. The van der Waals surface area contributed by atoms with Crippen molar-refractivity contribution in [3.63, 3.8) is 0 Å². The van der Waals surface area contributed by atoms with E-state index in [1.165, 1.54) is 0 Å². The van der Waals surface area contributed by atoms with E-state index in [2.05, 4.69) is 0 Å². The van der Waals surface area contributed by atoms with Crippen LogP contribution in [0.25, 0.3) is 0 Å². The average Bonchev–Trinajstić information content (AvgIpc) is 2.02. The second-order valence-corrected chi connectivity index (χ2v) is 4.25. The minimum atomic E-state index is -4.06. The molecule has 0 saturated heterocycles. The van der Waals surface area contributed by atoms with Crippen molar-refractivity contribution in [3.8, 4) is 0 Å². The Balaban J connectivity index is 0.00000196. The van der Waals surface area contributed by atoms with Crippen molar-refractivity contribution in [3.05, 3.63) is 0 Å². The third-order valence-corrected chi connectivity index (χ3v) is 2.99. The van der Waals surface area contributed by atoms with Gasteiger partial charge in [0.25, 0.3) is 0 Å². The molecule has 0 unspecified atom stereocenters. The van der Waals surface area contributed by atoms with Gasteiger partial charge >= 0.3 is 6.18 Å². The van der Waals surface area contributed by atoms with E-state index in [0.29, 0.717) is 6.42 Å². The Labute approximate surface area is 83.7 Å². The number of rotatable bonds is 1. The molecule has 0 amide bonds. The standard InChI is InChI=1S/C9H17F3N2.H2/c1-14(2)8-5-6(9(10,11)12)3-4-7(8)13;/h6-8H,3-5,13H2,1-2H3;1H/t6-,7-,8-;/m0./s1. The van der Waals surface area contributed by atoms with Gasteiger partial charge < -0.3 is 10.6 Å². The molecule has 0 aromatic heterocycles. The van der Waals surface area contributed by atoms with Crippen molar-refractivity contribution in [1.29, 1.82) is 0 Å². The Kier molecular flexibility index (Phi) is 3.42. The molecule has 0 bridgehead atoms. The van der Waals surface area contributed by atoms with Crippen molar-refractivity contribution >= 4 is 0 Å². The lowest BCUT2D eigenvalue weighted by molar-refractivity contribution is -0.186. The van der Waals surface area contributed by atoms with E-state index < -0.39 is 12.1 Å². The van der Waals surface area contributed by atoms with Crippen LogP contribution in [0.5, 0.6) is 0 Å². The molecule has 3 atom stereocenters. The van der Waals surface area contributed by atoms with Gasteiger partial charge in [0.1, 0.15) is 0 Å². The van der Waals surface area contributed by atoms with E-state index in [1.54, 1.807) is 19.0 Å². The summed E-state index contributed by atoms with van der Waals surface area (Å²) >= 11 is 0. The number of likely N-dealkylation sites (N-methyl/N-ethyl adjacent to an activating group) is 1. The Morgan fingerprint density at radius 1 is 1.29 bits per heavy atom. The van der Waals surface area contributed by atoms with Crippen LogP contribution in [0.2, 0.25) is 0 Å². The average molecular weight is 212 g/mol. The Hall–Kier alpha value is -0.290.